The summed E-state index contributed by atoms with van der Waals surface area (Å²) in [6, 6.07) is 0. The molecule has 73 heavy (non-hydrogen) atoms. The number of hydrogen-bond donors (Lipinski definition) is 0. The fraction of sp³-hybridized carbons (Fsp3) is 0.776. The average Bonchev–Trinajstić information content (AvgIpc) is 3.39. The lowest BCUT2D eigenvalue weighted by Crippen LogP contribution is -2.30. The van der Waals surface area contributed by atoms with Gasteiger partial charge < -0.3 is 14.2 Å². The summed E-state index contributed by atoms with van der Waals surface area (Å²) in [4.78, 5) is 38.2. The van der Waals surface area contributed by atoms with Crippen LogP contribution in [0.15, 0.2) is 72.9 Å². The lowest BCUT2D eigenvalue weighted by molar-refractivity contribution is -0.167. The maximum absolute atomic E-state index is 12.9. The fourth-order valence-electron chi connectivity index (χ4n) is 8.94. The standard InChI is InChI=1S/C67H118O6/c1-4-7-10-13-16-19-22-24-26-28-29-30-31-32-33-34-35-36-37-39-40-42-45-48-51-54-57-60-66(69)72-63-64(62-71-65(68)59-56-53-50-47-44-21-18-15-12-9-6-3)73-67(70)61-58-55-52-49-46-43-41-38-27-25-23-20-17-14-11-8-5-2/h8,11,15,17-18,20,22,24-25,27-29,64H,4-7,9-10,12-14,16,19,21,23,26,30-63H2,1-3H3/b11-8-,18-15-,20-17-,24-22-,27-25-,29-28-. The summed E-state index contributed by atoms with van der Waals surface area (Å²) in [5, 5.41) is 0. The maximum atomic E-state index is 12.9. The second kappa shape index (κ2) is 61.4. The Bertz CT molecular complexity index is 1360. The molecule has 0 aromatic heterocycles. The molecule has 1 atom stereocenters. The number of rotatable bonds is 57. The minimum atomic E-state index is -0.784. The number of carbonyl (C=O) groups is 3. The number of hydrogen-bond acceptors (Lipinski definition) is 6. The van der Waals surface area contributed by atoms with Gasteiger partial charge in [-0.15, -0.1) is 0 Å². The Labute approximate surface area is 453 Å². The highest BCUT2D eigenvalue weighted by molar-refractivity contribution is 5.71. The Balaban J connectivity index is 4.22. The van der Waals surface area contributed by atoms with E-state index in [9.17, 15) is 14.4 Å². The van der Waals surface area contributed by atoms with Crippen LogP contribution >= 0.6 is 0 Å². The van der Waals surface area contributed by atoms with Gasteiger partial charge in [-0.25, -0.2) is 0 Å². The molecule has 0 spiro atoms. The van der Waals surface area contributed by atoms with E-state index in [4.69, 9.17) is 14.2 Å². The molecule has 0 N–H and O–H groups in total. The second-order valence-corrected chi connectivity index (χ2v) is 20.9. The van der Waals surface area contributed by atoms with Gasteiger partial charge in [-0.2, -0.15) is 0 Å². The van der Waals surface area contributed by atoms with Crippen LogP contribution in [-0.4, -0.2) is 37.2 Å². The largest absolute Gasteiger partial charge is 0.462 e. The zero-order valence-corrected chi connectivity index (χ0v) is 48.4. The van der Waals surface area contributed by atoms with E-state index in [2.05, 4.69) is 93.7 Å². The van der Waals surface area contributed by atoms with Gasteiger partial charge in [-0.3, -0.25) is 14.4 Å². The Morgan fingerprint density at radius 1 is 0.288 bits per heavy atom. The lowest BCUT2D eigenvalue weighted by atomic mass is 10.0. The minimum Gasteiger partial charge on any atom is -0.462 e. The first-order valence-electron chi connectivity index (χ1n) is 31.4. The molecule has 6 nitrogen and oxygen atoms in total. The van der Waals surface area contributed by atoms with Gasteiger partial charge in [0.1, 0.15) is 13.2 Å². The molecule has 422 valence electrons. The molecular weight excluding hydrogens is 901 g/mol. The fourth-order valence-corrected chi connectivity index (χ4v) is 8.94. The van der Waals surface area contributed by atoms with Crippen molar-refractivity contribution in [3.05, 3.63) is 72.9 Å². The summed E-state index contributed by atoms with van der Waals surface area (Å²) < 4.78 is 16.9. The number of ether oxygens (including phenoxy) is 3. The third kappa shape index (κ3) is 59.6. The van der Waals surface area contributed by atoms with Crippen molar-refractivity contribution < 1.29 is 28.6 Å². The van der Waals surface area contributed by atoms with Crippen LogP contribution in [-0.2, 0) is 28.6 Å². The lowest BCUT2D eigenvalue weighted by Gasteiger charge is -2.18. The Morgan fingerprint density at radius 2 is 0.548 bits per heavy atom. The van der Waals surface area contributed by atoms with Crippen LogP contribution in [0.4, 0.5) is 0 Å². The topological polar surface area (TPSA) is 78.9 Å². The van der Waals surface area contributed by atoms with Crippen LogP contribution in [0.3, 0.4) is 0 Å². The average molecular weight is 1020 g/mol. The summed E-state index contributed by atoms with van der Waals surface area (Å²) in [6.07, 6.45) is 79.2. The Kier molecular flexibility index (Phi) is 58.7. The third-order valence-corrected chi connectivity index (χ3v) is 13.7. The van der Waals surface area contributed by atoms with E-state index in [1.54, 1.807) is 0 Å². The summed E-state index contributed by atoms with van der Waals surface area (Å²) >= 11 is 0. The first-order valence-corrected chi connectivity index (χ1v) is 31.4. The predicted octanol–water partition coefficient (Wildman–Crippen LogP) is 21.3. The molecule has 0 bridgehead atoms. The molecule has 0 aliphatic heterocycles. The van der Waals surface area contributed by atoms with Gasteiger partial charge in [0.05, 0.1) is 0 Å². The molecular formula is C67H118O6. The van der Waals surface area contributed by atoms with Crippen molar-refractivity contribution in [1.82, 2.24) is 0 Å². The molecule has 0 rings (SSSR count). The van der Waals surface area contributed by atoms with E-state index in [-0.39, 0.29) is 31.1 Å². The first-order chi connectivity index (χ1) is 36.0. The maximum Gasteiger partial charge on any atom is 0.306 e. The van der Waals surface area contributed by atoms with Gasteiger partial charge in [0.15, 0.2) is 6.10 Å². The van der Waals surface area contributed by atoms with Crippen LogP contribution in [0.1, 0.15) is 316 Å². The smallest absolute Gasteiger partial charge is 0.306 e. The number of unbranched alkanes of at least 4 members (excludes halogenated alkanes) is 34. The summed E-state index contributed by atoms with van der Waals surface area (Å²) in [5.74, 6) is -0.889. The van der Waals surface area contributed by atoms with Crippen LogP contribution in [0, 0.1) is 0 Å². The number of esters is 3. The molecule has 0 fully saturated rings. The second-order valence-electron chi connectivity index (χ2n) is 20.9. The van der Waals surface area contributed by atoms with Crippen LogP contribution in [0.25, 0.3) is 0 Å². The quantitative estimate of drug-likeness (QED) is 0.0261. The molecule has 6 heteroatoms. The van der Waals surface area contributed by atoms with Gasteiger partial charge in [0.2, 0.25) is 0 Å². The molecule has 0 heterocycles. The van der Waals surface area contributed by atoms with Gasteiger partial charge in [-0.1, -0.05) is 267 Å². The molecule has 0 aliphatic carbocycles. The van der Waals surface area contributed by atoms with Crippen molar-refractivity contribution in [1.29, 1.82) is 0 Å². The van der Waals surface area contributed by atoms with E-state index < -0.39 is 6.10 Å². The minimum absolute atomic E-state index is 0.0804. The van der Waals surface area contributed by atoms with E-state index in [1.165, 1.54) is 180 Å². The van der Waals surface area contributed by atoms with Crippen LogP contribution in [0.5, 0.6) is 0 Å². The molecule has 0 saturated heterocycles. The number of carbonyl (C=O) groups excluding carboxylic acids is 3. The van der Waals surface area contributed by atoms with Gasteiger partial charge >= 0.3 is 17.9 Å². The zero-order chi connectivity index (χ0) is 52.9. The van der Waals surface area contributed by atoms with E-state index in [1.807, 2.05) is 0 Å². The molecule has 0 saturated carbocycles. The van der Waals surface area contributed by atoms with Crippen LogP contribution in [0.2, 0.25) is 0 Å². The molecule has 0 aliphatic rings. The molecule has 1 unspecified atom stereocenters. The highest BCUT2D eigenvalue weighted by atomic mass is 16.6. The normalized spacial score (nSPS) is 12.5. The first kappa shape index (κ1) is 69.8. The molecule has 0 amide bonds. The van der Waals surface area contributed by atoms with Crippen molar-refractivity contribution in [3.63, 3.8) is 0 Å². The van der Waals surface area contributed by atoms with Gasteiger partial charge in [0.25, 0.3) is 0 Å². The third-order valence-electron chi connectivity index (χ3n) is 13.7. The van der Waals surface area contributed by atoms with E-state index >= 15 is 0 Å². The Hall–Kier alpha value is -3.15. The highest BCUT2D eigenvalue weighted by Gasteiger charge is 2.19. The zero-order valence-electron chi connectivity index (χ0n) is 48.4. The van der Waals surface area contributed by atoms with Crippen molar-refractivity contribution in [2.45, 2.75) is 322 Å². The molecule has 0 aromatic rings. The van der Waals surface area contributed by atoms with E-state index in [0.717, 1.165) is 96.3 Å². The summed E-state index contributed by atoms with van der Waals surface area (Å²) in [6.45, 7) is 6.49. The van der Waals surface area contributed by atoms with Crippen molar-refractivity contribution in [2.75, 3.05) is 13.2 Å². The SMILES string of the molecule is CC/C=C\C/C=C\C/C=C\CCCCCCCCCC(=O)OC(COC(=O)CCCCCCC/C=C\CCCC)COC(=O)CCCCCCCCCCCCCCCCC/C=C\C/C=C\CCCCCCC. The van der Waals surface area contributed by atoms with Crippen molar-refractivity contribution in [2.24, 2.45) is 0 Å². The van der Waals surface area contributed by atoms with Gasteiger partial charge in [0, 0.05) is 19.3 Å². The molecule has 0 aromatic carbocycles. The number of allylic oxidation sites excluding steroid dienone is 12. The molecule has 0 radical (unpaired) electrons. The predicted molar refractivity (Wildman–Crippen MR) is 316 cm³/mol. The van der Waals surface area contributed by atoms with E-state index in [0.29, 0.717) is 19.3 Å². The highest BCUT2D eigenvalue weighted by Crippen LogP contribution is 2.16. The van der Waals surface area contributed by atoms with Crippen molar-refractivity contribution in [3.8, 4) is 0 Å². The van der Waals surface area contributed by atoms with Crippen LogP contribution < -0.4 is 0 Å². The monoisotopic (exact) mass is 1020 g/mol. The summed E-state index contributed by atoms with van der Waals surface area (Å²) in [5.41, 5.74) is 0. The summed E-state index contributed by atoms with van der Waals surface area (Å²) in [7, 11) is 0. The van der Waals surface area contributed by atoms with Crippen molar-refractivity contribution >= 4 is 17.9 Å². The van der Waals surface area contributed by atoms with Gasteiger partial charge in [-0.05, 0) is 103 Å². The Morgan fingerprint density at radius 3 is 0.890 bits per heavy atom.